The number of nitrogens with zero attached hydrogens (tertiary/aromatic N) is 1. The predicted octanol–water partition coefficient (Wildman–Crippen LogP) is 0.664. The van der Waals surface area contributed by atoms with E-state index in [1.165, 1.54) is 0 Å². The molecule has 0 bridgehead atoms. The van der Waals surface area contributed by atoms with Gasteiger partial charge in [0.1, 0.15) is 5.78 Å². The fraction of sp³-hybridized carbons (Fsp3) is 0.769. The number of hydrogen-bond donors (Lipinski definition) is 2. The number of amides is 3. The number of imide groups is 1. The van der Waals surface area contributed by atoms with Crippen LogP contribution in [0.4, 0.5) is 4.79 Å². The zero-order valence-corrected chi connectivity index (χ0v) is 11.9. The molecule has 1 fully saturated rings. The Morgan fingerprint density at radius 1 is 1.32 bits per heavy atom. The van der Waals surface area contributed by atoms with E-state index in [0.717, 1.165) is 19.3 Å². The standard InChI is InChI=1S/C13H23N3O3/c1-4-14-13(19)15-12(18)9(2)16-8-6-5-7-11(16)10(3)17/h9,11H,4-8H2,1-3H3,(H2,14,15,18,19). The maximum Gasteiger partial charge on any atom is 0.321 e. The number of carbonyl (C=O) groups excluding carboxylic acids is 3. The van der Waals surface area contributed by atoms with Crippen molar-refractivity contribution < 1.29 is 14.4 Å². The van der Waals surface area contributed by atoms with Crippen LogP contribution in [0.1, 0.15) is 40.0 Å². The topological polar surface area (TPSA) is 78.5 Å². The number of ketones is 1. The summed E-state index contributed by atoms with van der Waals surface area (Å²) in [5, 5.41) is 4.81. The molecule has 0 saturated carbocycles. The lowest BCUT2D eigenvalue weighted by Gasteiger charge is -2.37. The molecule has 2 unspecified atom stereocenters. The highest BCUT2D eigenvalue weighted by atomic mass is 16.2. The second-order valence-electron chi connectivity index (χ2n) is 4.88. The first-order chi connectivity index (χ1) is 8.97. The van der Waals surface area contributed by atoms with E-state index in [2.05, 4.69) is 10.6 Å². The van der Waals surface area contributed by atoms with Gasteiger partial charge in [0.2, 0.25) is 5.91 Å². The largest absolute Gasteiger partial charge is 0.338 e. The van der Waals surface area contributed by atoms with E-state index in [4.69, 9.17) is 0 Å². The van der Waals surface area contributed by atoms with Crippen LogP contribution in [0.3, 0.4) is 0 Å². The molecule has 108 valence electrons. The van der Waals surface area contributed by atoms with E-state index >= 15 is 0 Å². The highest BCUT2D eigenvalue weighted by Gasteiger charge is 2.33. The summed E-state index contributed by atoms with van der Waals surface area (Å²) in [6, 6.07) is -1.17. The Hall–Kier alpha value is -1.43. The van der Waals surface area contributed by atoms with Gasteiger partial charge in [-0.2, -0.15) is 0 Å². The number of piperidine rings is 1. The van der Waals surface area contributed by atoms with Gasteiger partial charge in [0.15, 0.2) is 0 Å². The minimum Gasteiger partial charge on any atom is -0.338 e. The molecule has 0 radical (unpaired) electrons. The van der Waals surface area contributed by atoms with Gasteiger partial charge in [-0.25, -0.2) is 4.79 Å². The molecular weight excluding hydrogens is 246 g/mol. The Morgan fingerprint density at radius 3 is 2.58 bits per heavy atom. The Morgan fingerprint density at radius 2 is 2.00 bits per heavy atom. The van der Waals surface area contributed by atoms with Crippen LogP contribution in [0.2, 0.25) is 0 Å². The average Bonchev–Trinajstić information content (AvgIpc) is 2.37. The van der Waals surface area contributed by atoms with Gasteiger partial charge in [-0.3, -0.25) is 19.8 Å². The van der Waals surface area contributed by atoms with Crippen LogP contribution in [-0.4, -0.2) is 47.8 Å². The molecule has 1 rings (SSSR count). The summed E-state index contributed by atoms with van der Waals surface area (Å²) < 4.78 is 0. The van der Waals surface area contributed by atoms with E-state index in [-0.39, 0.29) is 17.7 Å². The van der Waals surface area contributed by atoms with Crippen molar-refractivity contribution in [2.75, 3.05) is 13.1 Å². The number of likely N-dealkylation sites (tertiary alicyclic amines) is 1. The molecular formula is C13H23N3O3. The third kappa shape index (κ3) is 4.31. The molecule has 0 aromatic carbocycles. The maximum absolute atomic E-state index is 12.0. The van der Waals surface area contributed by atoms with Gasteiger partial charge in [0, 0.05) is 6.54 Å². The zero-order valence-electron chi connectivity index (χ0n) is 11.9. The van der Waals surface area contributed by atoms with Crippen molar-refractivity contribution >= 4 is 17.7 Å². The normalized spacial score (nSPS) is 21.5. The van der Waals surface area contributed by atoms with Crippen LogP contribution in [0.5, 0.6) is 0 Å². The first kappa shape index (κ1) is 15.6. The maximum atomic E-state index is 12.0. The third-order valence-electron chi connectivity index (χ3n) is 3.46. The molecule has 0 aromatic heterocycles. The molecule has 6 nitrogen and oxygen atoms in total. The molecule has 2 atom stereocenters. The zero-order chi connectivity index (χ0) is 14.4. The predicted molar refractivity (Wildman–Crippen MR) is 71.7 cm³/mol. The van der Waals surface area contributed by atoms with Gasteiger partial charge in [-0.15, -0.1) is 0 Å². The van der Waals surface area contributed by atoms with E-state index in [1.54, 1.807) is 20.8 Å². The Balaban J connectivity index is 2.63. The lowest BCUT2D eigenvalue weighted by Crippen LogP contribution is -2.55. The minimum atomic E-state index is -0.490. The molecule has 6 heteroatoms. The van der Waals surface area contributed by atoms with Crippen LogP contribution in [0, 0.1) is 0 Å². The molecule has 1 heterocycles. The highest BCUT2D eigenvalue weighted by Crippen LogP contribution is 2.20. The first-order valence-electron chi connectivity index (χ1n) is 6.82. The smallest absolute Gasteiger partial charge is 0.321 e. The van der Waals surface area contributed by atoms with Crippen LogP contribution in [-0.2, 0) is 9.59 Å². The van der Waals surface area contributed by atoms with Gasteiger partial charge in [-0.05, 0) is 40.2 Å². The Kier molecular flexibility index (Phi) is 5.95. The van der Waals surface area contributed by atoms with E-state index in [9.17, 15) is 14.4 Å². The van der Waals surface area contributed by atoms with Crippen LogP contribution in [0.15, 0.2) is 0 Å². The van der Waals surface area contributed by atoms with Crippen molar-refractivity contribution in [3.8, 4) is 0 Å². The van der Waals surface area contributed by atoms with Gasteiger partial charge < -0.3 is 5.32 Å². The van der Waals surface area contributed by atoms with Crippen LogP contribution < -0.4 is 10.6 Å². The summed E-state index contributed by atoms with van der Waals surface area (Å²) in [6.07, 6.45) is 2.77. The lowest BCUT2D eigenvalue weighted by molar-refractivity contribution is -0.130. The van der Waals surface area contributed by atoms with Crippen molar-refractivity contribution in [1.29, 1.82) is 0 Å². The lowest BCUT2D eigenvalue weighted by atomic mass is 9.97. The fourth-order valence-corrected chi connectivity index (χ4v) is 2.43. The molecule has 0 aromatic rings. The molecule has 1 aliphatic heterocycles. The van der Waals surface area contributed by atoms with Crippen molar-refractivity contribution in [1.82, 2.24) is 15.5 Å². The van der Waals surface area contributed by atoms with E-state index < -0.39 is 12.1 Å². The first-order valence-corrected chi connectivity index (χ1v) is 6.82. The fourth-order valence-electron chi connectivity index (χ4n) is 2.43. The summed E-state index contributed by atoms with van der Waals surface area (Å²) >= 11 is 0. The summed E-state index contributed by atoms with van der Waals surface area (Å²) in [5.41, 5.74) is 0. The number of hydrogen-bond acceptors (Lipinski definition) is 4. The second kappa shape index (κ2) is 7.23. The molecule has 0 aliphatic carbocycles. The average molecular weight is 269 g/mol. The van der Waals surface area contributed by atoms with Crippen molar-refractivity contribution in [2.45, 2.75) is 52.1 Å². The SMILES string of the molecule is CCNC(=O)NC(=O)C(C)N1CCCCC1C(C)=O. The molecule has 1 saturated heterocycles. The third-order valence-corrected chi connectivity index (χ3v) is 3.46. The number of urea groups is 1. The summed E-state index contributed by atoms with van der Waals surface area (Å²) in [5.74, 6) is -0.281. The number of nitrogens with one attached hydrogen (secondary N) is 2. The van der Waals surface area contributed by atoms with Gasteiger partial charge in [0.05, 0.1) is 12.1 Å². The van der Waals surface area contributed by atoms with Crippen molar-refractivity contribution in [3.63, 3.8) is 0 Å². The summed E-state index contributed by atoms with van der Waals surface area (Å²) in [4.78, 5) is 36.8. The van der Waals surface area contributed by atoms with Gasteiger partial charge in [0.25, 0.3) is 0 Å². The van der Waals surface area contributed by atoms with Crippen LogP contribution >= 0.6 is 0 Å². The van der Waals surface area contributed by atoms with Crippen molar-refractivity contribution in [2.24, 2.45) is 0 Å². The van der Waals surface area contributed by atoms with E-state index in [0.29, 0.717) is 13.1 Å². The number of Topliss-reactive ketones (excluding diaryl/α,β-unsaturated/α-hetero) is 1. The van der Waals surface area contributed by atoms with E-state index in [1.807, 2.05) is 4.90 Å². The molecule has 2 N–H and O–H groups in total. The Labute approximate surface area is 113 Å². The second-order valence-corrected chi connectivity index (χ2v) is 4.88. The monoisotopic (exact) mass is 269 g/mol. The number of carbonyl (C=O) groups is 3. The summed E-state index contributed by atoms with van der Waals surface area (Å²) in [7, 11) is 0. The molecule has 0 spiro atoms. The molecule has 3 amide bonds. The minimum absolute atomic E-state index is 0.0809. The quantitative estimate of drug-likeness (QED) is 0.786. The summed E-state index contributed by atoms with van der Waals surface area (Å²) in [6.45, 7) is 6.25. The molecule has 1 aliphatic rings. The highest BCUT2D eigenvalue weighted by molar-refractivity contribution is 5.97. The van der Waals surface area contributed by atoms with Crippen LogP contribution in [0.25, 0.3) is 0 Å². The Bertz CT molecular complexity index is 357. The number of rotatable bonds is 4. The van der Waals surface area contributed by atoms with Crippen molar-refractivity contribution in [3.05, 3.63) is 0 Å². The van der Waals surface area contributed by atoms with Gasteiger partial charge >= 0.3 is 6.03 Å². The van der Waals surface area contributed by atoms with Gasteiger partial charge in [-0.1, -0.05) is 6.42 Å². The molecule has 19 heavy (non-hydrogen) atoms.